The van der Waals surface area contributed by atoms with Crippen LogP contribution in [0.5, 0.6) is 0 Å². The van der Waals surface area contributed by atoms with Crippen LogP contribution >= 0.6 is 0 Å². The van der Waals surface area contributed by atoms with E-state index in [2.05, 4.69) is 55.6 Å². The minimum Gasteiger partial charge on any atom is -0.394 e. The summed E-state index contributed by atoms with van der Waals surface area (Å²) < 4.78 is 22.6. The molecule has 0 aromatic heterocycles. The van der Waals surface area contributed by atoms with Crippen molar-refractivity contribution in [3.63, 3.8) is 0 Å². The second kappa shape index (κ2) is 31.1. The third-order valence-corrected chi connectivity index (χ3v) is 10.6. The Kier molecular flexibility index (Phi) is 28.1. The first-order chi connectivity index (χ1) is 27.6. The second-order valence-electron chi connectivity index (χ2n) is 15.4. The molecule has 9 N–H and O–H groups in total. The van der Waals surface area contributed by atoms with E-state index < -0.39 is 86.8 Å². The molecule has 0 saturated carbocycles. The molecule has 0 aliphatic carbocycles. The predicted octanol–water partition coefficient (Wildman–Crippen LogP) is 3.59. The van der Waals surface area contributed by atoms with Crippen LogP contribution in [-0.2, 0) is 23.7 Å². The van der Waals surface area contributed by atoms with E-state index in [-0.39, 0.29) is 12.5 Å². The SMILES string of the molecule is CC/C=C\C/C=C\C/C=C\CCCCCCCCCC(=O)NC(COC1OC(CO)C(OC2OC(CO)C(O)C(O)C2O)C(O)C1O)C(O)CCCCCCCC. The monoisotopic (exact) mass is 816 g/mol. The minimum atomic E-state index is -1.78. The lowest BCUT2D eigenvalue weighted by molar-refractivity contribution is -0.359. The van der Waals surface area contributed by atoms with Crippen molar-refractivity contribution in [2.75, 3.05) is 19.8 Å². The van der Waals surface area contributed by atoms with Crippen molar-refractivity contribution in [1.82, 2.24) is 5.32 Å². The molecular formula is C43H77NO13. The van der Waals surface area contributed by atoms with Crippen LogP contribution in [0.25, 0.3) is 0 Å². The molecule has 12 atom stereocenters. The number of ether oxygens (including phenoxy) is 4. The van der Waals surface area contributed by atoms with E-state index in [9.17, 15) is 45.6 Å². The molecule has 0 aromatic rings. The quantitative estimate of drug-likeness (QED) is 0.0361. The number of aliphatic hydroxyl groups is 8. The van der Waals surface area contributed by atoms with Gasteiger partial charge in [0.05, 0.1) is 32.0 Å². The van der Waals surface area contributed by atoms with Gasteiger partial charge in [-0.05, 0) is 44.9 Å². The number of aliphatic hydroxyl groups excluding tert-OH is 8. The molecule has 14 nitrogen and oxygen atoms in total. The van der Waals surface area contributed by atoms with Gasteiger partial charge in [-0.2, -0.15) is 0 Å². The predicted molar refractivity (Wildman–Crippen MR) is 217 cm³/mol. The topological polar surface area (TPSA) is 228 Å². The fourth-order valence-electron chi connectivity index (χ4n) is 7.01. The molecule has 57 heavy (non-hydrogen) atoms. The highest BCUT2D eigenvalue weighted by atomic mass is 16.7. The van der Waals surface area contributed by atoms with Gasteiger partial charge in [0, 0.05) is 6.42 Å². The molecule has 2 fully saturated rings. The van der Waals surface area contributed by atoms with E-state index in [0.29, 0.717) is 19.3 Å². The van der Waals surface area contributed by atoms with Crippen LogP contribution in [0.4, 0.5) is 0 Å². The highest BCUT2D eigenvalue weighted by Gasteiger charge is 2.51. The third kappa shape index (κ3) is 19.9. The Morgan fingerprint density at radius 1 is 0.649 bits per heavy atom. The average Bonchev–Trinajstić information content (AvgIpc) is 3.21. The number of unbranched alkanes of at least 4 members (excludes halogenated alkanes) is 12. The zero-order chi connectivity index (χ0) is 41.8. The average molecular weight is 816 g/mol. The number of rotatable bonds is 31. The Bertz CT molecular complexity index is 1100. The summed E-state index contributed by atoms with van der Waals surface area (Å²) in [6, 6.07) is -0.829. The zero-order valence-corrected chi connectivity index (χ0v) is 34.6. The van der Waals surface area contributed by atoms with Gasteiger partial charge >= 0.3 is 0 Å². The van der Waals surface area contributed by atoms with Crippen LogP contribution < -0.4 is 5.32 Å². The lowest BCUT2D eigenvalue weighted by Crippen LogP contribution is -2.65. The van der Waals surface area contributed by atoms with E-state index in [1.807, 2.05) is 0 Å². The van der Waals surface area contributed by atoms with Gasteiger partial charge in [0.25, 0.3) is 0 Å². The standard InChI is InChI=1S/C43H77NO13/c1-3-5-7-9-11-12-13-14-15-16-17-18-19-20-21-23-25-27-35(48)44-31(32(47)26-24-22-10-8-6-4-2)30-54-42-40(53)38(51)41(34(29-46)56-42)57-43-39(52)37(50)36(49)33(28-45)55-43/h5,7,11-12,14-15,31-34,36-43,45-47,49-53H,3-4,6,8-10,13,16-30H2,1-2H3,(H,44,48)/b7-5-,12-11-,15-14-. The van der Waals surface area contributed by atoms with E-state index in [0.717, 1.165) is 89.9 Å². The highest BCUT2D eigenvalue weighted by Crippen LogP contribution is 2.30. The molecule has 332 valence electrons. The zero-order valence-electron chi connectivity index (χ0n) is 34.6. The lowest BCUT2D eigenvalue weighted by Gasteiger charge is -2.46. The number of hydrogen-bond donors (Lipinski definition) is 9. The van der Waals surface area contributed by atoms with Crippen molar-refractivity contribution < 1.29 is 64.6 Å². The Labute approximate surface area is 341 Å². The smallest absolute Gasteiger partial charge is 0.220 e. The van der Waals surface area contributed by atoms with Crippen molar-refractivity contribution >= 4 is 5.91 Å². The molecule has 0 bridgehead atoms. The van der Waals surface area contributed by atoms with E-state index in [1.165, 1.54) is 12.8 Å². The summed E-state index contributed by atoms with van der Waals surface area (Å²) in [7, 11) is 0. The van der Waals surface area contributed by atoms with E-state index in [4.69, 9.17) is 18.9 Å². The molecule has 0 radical (unpaired) electrons. The summed E-state index contributed by atoms with van der Waals surface area (Å²) in [6.07, 6.45) is 14.8. The van der Waals surface area contributed by atoms with Crippen LogP contribution in [0, 0.1) is 0 Å². The van der Waals surface area contributed by atoms with Crippen molar-refractivity contribution in [1.29, 1.82) is 0 Å². The fourth-order valence-corrected chi connectivity index (χ4v) is 7.01. The van der Waals surface area contributed by atoms with Gasteiger partial charge in [0.15, 0.2) is 12.6 Å². The number of hydrogen-bond acceptors (Lipinski definition) is 13. The van der Waals surface area contributed by atoms with Crippen molar-refractivity contribution in [3.05, 3.63) is 36.5 Å². The maximum Gasteiger partial charge on any atom is 0.220 e. The van der Waals surface area contributed by atoms with Gasteiger partial charge in [0.2, 0.25) is 5.91 Å². The second-order valence-corrected chi connectivity index (χ2v) is 15.4. The van der Waals surface area contributed by atoms with E-state index in [1.54, 1.807) is 0 Å². The number of carbonyl (C=O) groups excluding carboxylic acids is 1. The largest absolute Gasteiger partial charge is 0.394 e. The van der Waals surface area contributed by atoms with Gasteiger partial charge < -0.3 is 65.1 Å². The molecule has 14 heteroatoms. The molecule has 2 aliphatic rings. The maximum absolute atomic E-state index is 13.0. The molecule has 2 rings (SSSR count). The summed E-state index contributed by atoms with van der Waals surface area (Å²) in [5, 5.41) is 86.2. The fraction of sp³-hybridized carbons (Fsp3) is 0.837. The van der Waals surface area contributed by atoms with Crippen molar-refractivity contribution in [2.45, 2.75) is 209 Å². The number of carbonyl (C=O) groups is 1. The summed E-state index contributed by atoms with van der Waals surface area (Å²) >= 11 is 0. The Hall–Kier alpha value is -1.79. The van der Waals surface area contributed by atoms with Gasteiger partial charge in [-0.15, -0.1) is 0 Å². The summed E-state index contributed by atoms with van der Waals surface area (Å²) in [5.74, 6) is -0.226. The normalized spacial score (nSPS) is 29.4. The Morgan fingerprint density at radius 3 is 1.86 bits per heavy atom. The molecule has 2 saturated heterocycles. The van der Waals surface area contributed by atoms with E-state index >= 15 is 0 Å². The van der Waals surface area contributed by atoms with Crippen LogP contribution in [0.3, 0.4) is 0 Å². The van der Waals surface area contributed by atoms with Crippen LogP contribution in [0.2, 0.25) is 0 Å². The molecule has 1 amide bonds. The third-order valence-electron chi connectivity index (χ3n) is 10.6. The molecular weight excluding hydrogens is 738 g/mol. The first kappa shape index (κ1) is 51.4. The van der Waals surface area contributed by atoms with Crippen LogP contribution in [0.15, 0.2) is 36.5 Å². The van der Waals surface area contributed by atoms with Gasteiger partial charge in [-0.1, -0.05) is 121 Å². The number of nitrogens with one attached hydrogen (secondary N) is 1. The van der Waals surface area contributed by atoms with Gasteiger partial charge in [-0.3, -0.25) is 4.79 Å². The molecule has 0 spiro atoms. The highest BCUT2D eigenvalue weighted by molar-refractivity contribution is 5.76. The number of allylic oxidation sites excluding steroid dienone is 6. The van der Waals surface area contributed by atoms with Gasteiger partial charge in [0.1, 0.15) is 48.8 Å². The van der Waals surface area contributed by atoms with Gasteiger partial charge in [-0.25, -0.2) is 0 Å². The minimum absolute atomic E-state index is 0.226. The molecule has 0 aromatic carbocycles. The molecule has 2 heterocycles. The van der Waals surface area contributed by atoms with Crippen LogP contribution in [-0.4, -0.2) is 140 Å². The first-order valence-electron chi connectivity index (χ1n) is 21.7. The summed E-state index contributed by atoms with van der Waals surface area (Å²) in [4.78, 5) is 13.0. The summed E-state index contributed by atoms with van der Waals surface area (Å²) in [5.41, 5.74) is 0. The van der Waals surface area contributed by atoms with Crippen molar-refractivity contribution in [3.8, 4) is 0 Å². The first-order valence-corrected chi connectivity index (χ1v) is 21.7. The summed E-state index contributed by atoms with van der Waals surface area (Å²) in [6.45, 7) is 2.62. The Balaban J connectivity index is 1.83. The molecule has 12 unspecified atom stereocenters. The van der Waals surface area contributed by atoms with Crippen LogP contribution in [0.1, 0.15) is 136 Å². The number of amides is 1. The van der Waals surface area contributed by atoms with Crippen molar-refractivity contribution in [2.24, 2.45) is 0 Å². The maximum atomic E-state index is 13.0. The Morgan fingerprint density at radius 2 is 1.21 bits per heavy atom. The lowest BCUT2D eigenvalue weighted by atomic mass is 9.97. The molecule has 2 aliphatic heterocycles.